The van der Waals surface area contributed by atoms with Gasteiger partial charge in [-0.05, 0) is 62.8 Å². The van der Waals surface area contributed by atoms with Crippen LogP contribution in [0.4, 0.5) is 0 Å². The molecule has 150 valence electrons. The monoisotopic (exact) mass is 401 g/mol. The minimum atomic E-state index is 0.197. The number of amides is 1. The number of hydrogen-bond acceptors (Lipinski definition) is 6. The number of nitrogens with zero attached hydrogens (tertiary/aromatic N) is 3. The van der Waals surface area contributed by atoms with Crippen LogP contribution in [-0.4, -0.2) is 46.0 Å². The zero-order chi connectivity index (χ0) is 19.3. The van der Waals surface area contributed by atoms with Crippen molar-refractivity contribution in [2.45, 2.75) is 56.7 Å². The van der Waals surface area contributed by atoms with Gasteiger partial charge in [-0.25, -0.2) is 0 Å². The summed E-state index contributed by atoms with van der Waals surface area (Å²) in [6.45, 7) is 3.48. The van der Waals surface area contributed by atoms with Gasteiger partial charge in [0.2, 0.25) is 11.8 Å². The average Bonchev–Trinajstić information content (AvgIpc) is 3.21. The predicted molar refractivity (Wildman–Crippen MR) is 108 cm³/mol. The van der Waals surface area contributed by atoms with E-state index in [1.807, 2.05) is 31.2 Å². The Labute approximate surface area is 170 Å². The molecule has 1 aliphatic carbocycles. The van der Waals surface area contributed by atoms with Crippen molar-refractivity contribution >= 4 is 17.7 Å². The summed E-state index contributed by atoms with van der Waals surface area (Å²) in [5.74, 6) is 2.53. The van der Waals surface area contributed by atoms with Crippen molar-refractivity contribution < 1.29 is 13.9 Å². The van der Waals surface area contributed by atoms with Gasteiger partial charge in [0.1, 0.15) is 5.75 Å². The van der Waals surface area contributed by atoms with Gasteiger partial charge >= 0.3 is 0 Å². The first-order valence-electron chi connectivity index (χ1n) is 10.2. The summed E-state index contributed by atoms with van der Waals surface area (Å²) in [4.78, 5) is 14.9. The zero-order valence-corrected chi connectivity index (χ0v) is 17.1. The lowest BCUT2D eigenvalue weighted by Crippen LogP contribution is -2.50. The standard InChI is InChI=1S/C21H27N3O3S/c1-2-26-17-11-9-16(10-12-17)20-22-23-21(27-20)28-14-19(25)24-13-5-7-15-6-3-4-8-18(15)24/h9-12,15,18H,2-8,13-14H2,1H3/t15-,18+/m1/s1. The van der Waals surface area contributed by atoms with Crippen LogP contribution < -0.4 is 4.74 Å². The van der Waals surface area contributed by atoms with Gasteiger partial charge in [0.05, 0.1) is 12.4 Å². The topological polar surface area (TPSA) is 68.5 Å². The second-order valence-corrected chi connectivity index (χ2v) is 8.39. The second-order valence-electron chi connectivity index (χ2n) is 7.46. The minimum absolute atomic E-state index is 0.197. The van der Waals surface area contributed by atoms with Crippen LogP contribution in [0.5, 0.6) is 5.75 Å². The molecule has 2 aromatic rings. The third kappa shape index (κ3) is 4.35. The molecule has 28 heavy (non-hydrogen) atoms. The fourth-order valence-electron chi connectivity index (χ4n) is 4.39. The summed E-state index contributed by atoms with van der Waals surface area (Å²) in [7, 11) is 0. The molecule has 4 rings (SSSR count). The van der Waals surface area contributed by atoms with Crippen LogP contribution in [0.15, 0.2) is 33.9 Å². The molecule has 2 aliphatic rings. The number of carbonyl (C=O) groups is 1. The average molecular weight is 402 g/mol. The Balaban J connectivity index is 1.34. The molecule has 1 amide bonds. The highest BCUT2D eigenvalue weighted by atomic mass is 32.2. The Morgan fingerprint density at radius 2 is 1.96 bits per heavy atom. The van der Waals surface area contributed by atoms with Crippen LogP contribution >= 0.6 is 11.8 Å². The predicted octanol–water partition coefficient (Wildman–Crippen LogP) is 4.41. The van der Waals surface area contributed by atoms with E-state index in [-0.39, 0.29) is 5.91 Å². The molecule has 0 N–H and O–H groups in total. The van der Waals surface area contributed by atoms with Crippen LogP contribution in [-0.2, 0) is 4.79 Å². The van der Waals surface area contributed by atoms with Crippen molar-refractivity contribution in [3.63, 3.8) is 0 Å². The summed E-state index contributed by atoms with van der Waals surface area (Å²) in [6, 6.07) is 8.01. The smallest absolute Gasteiger partial charge is 0.277 e. The highest BCUT2D eigenvalue weighted by molar-refractivity contribution is 7.99. The lowest BCUT2D eigenvalue weighted by atomic mass is 9.78. The van der Waals surface area contributed by atoms with Crippen LogP contribution in [0.25, 0.3) is 11.5 Å². The molecule has 0 unspecified atom stereocenters. The fraction of sp³-hybridized carbons (Fsp3) is 0.571. The summed E-state index contributed by atoms with van der Waals surface area (Å²) in [5, 5.41) is 8.65. The number of piperidine rings is 1. The van der Waals surface area contributed by atoms with E-state index in [0.717, 1.165) is 30.7 Å². The van der Waals surface area contributed by atoms with E-state index in [1.165, 1.54) is 37.4 Å². The number of fused-ring (bicyclic) bond motifs is 1. The quantitative estimate of drug-likeness (QED) is 0.668. The van der Waals surface area contributed by atoms with Gasteiger partial charge in [0, 0.05) is 18.2 Å². The Hall–Kier alpha value is -2.02. The third-order valence-electron chi connectivity index (χ3n) is 5.70. The molecule has 1 aliphatic heterocycles. The van der Waals surface area contributed by atoms with Gasteiger partial charge in [-0.15, -0.1) is 10.2 Å². The first-order valence-corrected chi connectivity index (χ1v) is 11.2. The molecule has 2 fully saturated rings. The fourth-order valence-corrected chi connectivity index (χ4v) is 5.04. The molecular formula is C21H27N3O3S. The van der Waals surface area contributed by atoms with Gasteiger partial charge in [-0.1, -0.05) is 24.6 Å². The van der Waals surface area contributed by atoms with E-state index in [9.17, 15) is 4.79 Å². The summed E-state index contributed by atoms with van der Waals surface area (Å²) in [6.07, 6.45) is 7.39. The zero-order valence-electron chi connectivity index (χ0n) is 16.3. The van der Waals surface area contributed by atoms with E-state index in [2.05, 4.69) is 15.1 Å². The van der Waals surface area contributed by atoms with Crippen LogP contribution in [0, 0.1) is 5.92 Å². The van der Waals surface area contributed by atoms with E-state index in [1.54, 1.807) is 0 Å². The first kappa shape index (κ1) is 19.3. The molecule has 2 heterocycles. The number of hydrogen-bond donors (Lipinski definition) is 0. The molecule has 1 aromatic carbocycles. The number of likely N-dealkylation sites (tertiary alicyclic amines) is 1. The normalized spacial score (nSPS) is 22.0. The molecular weight excluding hydrogens is 374 g/mol. The number of rotatable bonds is 6. The van der Waals surface area contributed by atoms with Gasteiger partial charge in [0.15, 0.2) is 0 Å². The maximum absolute atomic E-state index is 12.8. The van der Waals surface area contributed by atoms with Crippen LogP contribution in [0.2, 0.25) is 0 Å². The molecule has 6 nitrogen and oxygen atoms in total. The molecule has 1 saturated heterocycles. The Morgan fingerprint density at radius 1 is 1.18 bits per heavy atom. The molecule has 0 bridgehead atoms. The molecule has 0 spiro atoms. The Morgan fingerprint density at radius 3 is 2.79 bits per heavy atom. The van der Waals surface area contributed by atoms with Crippen LogP contribution in [0.3, 0.4) is 0 Å². The summed E-state index contributed by atoms with van der Waals surface area (Å²) < 4.78 is 11.2. The van der Waals surface area contributed by atoms with Crippen molar-refractivity contribution in [2.24, 2.45) is 5.92 Å². The van der Waals surface area contributed by atoms with Crippen molar-refractivity contribution in [3.8, 4) is 17.2 Å². The number of carbonyl (C=O) groups excluding carboxylic acids is 1. The SMILES string of the molecule is CCOc1ccc(-c2nnc(SCC(=O)N3CCC[C@H]4CCCC[C@@H]43)o2)cc1. The Bertz CT molecular complexity index is 790. The van der Waals surface area contributed by atoms with Crippen molar-refractivity contribution in [3.05, 3.63) is 24.3 Å². The van der Waals surface area contributed by atoms with Gasteiger partial charge in [-0.3, -0.25) is 4.79 Å². The number of ether oxygens (including phenoxy) is 1. The first-order chi connectivity index (χ1) is 13.7. The Kier molecular flexibility index (Phi) is 6.20. The maximum atomic E-state index is 12.8. The molecule has 1 aromatic heterocycles. The number of aromatic nitrogens is 2. The minimum Gasteiger partial charge on any atom is -0.494 e. The largest absolute Gasteiger partial charge is 0.494 e. The lowest BCUT2D eigenvalue weighted by Gasteiger charge is -2.44. The maximum Gasteiger partial charge on any atom is 0.277 e. The molecule has 0 radical (unpaired) electrons. The van der Waals surface area contributed by atoms with Crippen molar-refractivity contribution in [2.75, 3.05) is 18.9 Å². The highest BCUT2D eigenvalue weighted by Crippen LogP contribution is 2.35. The highest BCUT2D eigenvalue weighted by Gasteiger charge is 2.35. The van der Waals surface area contributed by atoms with Crippen molar-refractivity contribution in [1.29, 1.82) is 0 Å². The second kappa shape index (κ2) is 8.99. The molecule has 2 atom stereocenters. The van der Waals surface area contributed by atoms with Crippen LogP contribution in [0.1, 0.15) is 45.4 Å². The number of benzene rings is 1. The van der Waals surface area contributed by atoms with E-state index >= 15 is 0 Å². The lowest BCUT2D eigenvalue weighted by molar-refractivity contribution is -0.134. The van der Waals surface area contributed by atoms with Crippen molar-refractivity contribution in [1.82, 2.24) is 15.1 Å². The van der Waals surface area contributed by atoms with E-state index in [0.29, 0.717) is 35.4 Å². The van der Waals surface area contributed by atoms with Gasteiger partial charge in [0.25, 0.3) is 5.22 Å². The molecule has 7 heteroatoms. The third-order valence-corrected chi connectivity index (χ3v) is 6.50. The van der Waals surface area contributed by atoms with Gasteiger partial charge in [-0.2, -0.15) is 0 Å². The van der Waals surface area contributed by atoms with E-state index < -0.39 is 0 Å². The number of thioether (sulfide) groups is 1. The van der Waals surface area contributed by atoms with E-state index in [4.69, 9.17) is 9.15 Å². The summed E-state index contributed by atoms with van der Waals surface area (Å²) >= 11 is 1.33. The summed E-state index contributed by atoms with van der Waals surface area (Å²) in [5.41, 5.74) is 0.843. The van der Waals surface area contributed by atoms with Gasteiger partial charge < -0.3 is 14.1 Å². The molecule has 1 saturated carbocycles.